The molecule has 0 spiro atoms. The normalized spacial score (nSPS) is 17.0. The van der Waals surface area contributed by atoms with Crippen LogP contribution in [-0.4, -0.2) is 76.3 Å². The average molecular weight is 389 g/mol. The van der Waals surface area contributed by atoms with E-state index in [9.17, 15) is 0 Å². The van der Waals surface area contributed by atoms with Gasteiger partial charge in [0.1, 0.15) is 0 Å². The van der Waals surface area contributed by atoms with Gasteiger partial charge in [-0.3, -0.25) is 9.89 Å². The third kappa shape index (κ3) is 6.03. The zero-order valence-electron chi connectivity index (χ0n) is 17.9. The number of methoxy groups -OCH3 is 2. The van der Waals surface area contributed by atoms with E-state index in [1.54, 1.807) is 14.2 Å². The molecule has 2 fully saturated rings. The molecule has 3 rings (SSSR count). The summed E-state index contributed by atoms with van der Waals surface area (Å²) in [5, 5.41) is 3.54. The lowest BCUT2D eigenvalue weighted by molar-refractivity contribution is 0.255. The molecule has 0 unspecified atom stereocenters. The molecule has 156 valence electrons. The standard InChI is InChI=1S/C22H36N4O2/c1-23-22(24-12-14-26(19-8-9-19)16-18-5-6-18)25(2)13-11-17-7-10-20(27-3)21(15-17)28-4/h7,10,15,18-19H,5-6,8-9,11-14,16H2,1-4H3,(H,23,24). The third-order valence-electron chi connectivity index (χ3n) is 5.69. The molecule has 0 atom stereocenters. The lowest BCUT2D eigenvalue weighted by atomic mass is 10.1. The van der Waals surface area contributed by atoms with E-state index >= 15 is 0 Å². The first-order valence-electron chi connectivity index (χ1n) is 10.5. The van der Waals surface area contributed by atoms with Gasteiger partial charge in [-0.1, -0.05) is 6.07 Å². The molecule has 0 bridgehead atoms. The molecule has 0 saturated heterocycles. The first-order chi connectivity index (χ1) is 13.6. The van der Waals surface area contributed by atoms with Gasteiger partial charge >= 0.3 is 0 Å². The SMILES string of the molecule is CN=C(NCCN(CC1CC1)C1CC1)N(C)CCc1ccc(OC)c(OC)c1. The lowest BCUT2D eigenvalue weighted by Crippen LogP contribution is -2.44. The number of likely N-dealkylation sites (N-methyl/N-ethyl adjacent to an activating group) is 1. The van der Waals surface area contributed by atoms with Crippen LogP contribution >= 0.6 is 0 Å². The summed E-state index contributed by atoms with van der Waals surface area (Å²) < 4.78 is 10.7. The second-order valence-corrected chi connectivity index (χ2v) is 8.00. The monoisotopic (exact) mass is 388 g/mol. The van der Waals surface area contributed by atoms with E-state index in [0.29, 0.717) is 0 Å². The Balaban J connectivity index is 1.43. The number of benzene rings is 1. The summed E-state index contributed by atoms with van der Waals surface area (Å²) in [7, 11) is 7.29. The van der Waals surface area contributed by atoms with Gasteiger partial charge in [0, 0.05) is 46.3 Å². The number of hydrogen-bond donors (Lipinski definition) is 1. The summed E-state index contributed by atoms with van der Waals surface area (Å²) in [4.78, 5) is 9.34. The molecule has 1 N–H and O–H groups in total. The van der Waals surface area contributed by atoms with Crippen molar-refractivity contribution in [3.63, 3.8) is 0 Å². The van der Waals surface area contributed by atoms with Gasteiger partial charge in [-0.15, -0.1) is 0 Å². The Morgan fingerprint density at radius 1 is 1.11 bits per heavy atom. The van der Waals surface area contributed by atoms with E-state index < -0.39 is 0 Å². The Labute approximate surface area is 169 Å². The van der Waals surface area contributed by atoms with E-state index in [2.05, 4.69) is 33.2 Å². The second-order valence-electron chi connectivity index (χ2n) is 8.00. The minimum absolute atomic E-state index is 0.767. The highest BCUT2D eigenvalue weighted by Crippen LogP contribution is 2.34. The summed E-state index contributed by atoms with van der Waals surface area (Å²) in [6.07, 6.45) is 6.54. The lowest BCUT2D eigenvalue weighted by Gasteiger charge is -2.25. The van der Waals surface area contributed by atoms with Crippen LogP contribution in [0.3, 0.4) is 0 Å². The van der Waals surface area contributed by atoms with Crippen LogP contribution in [0.4, 0.5) is 0 Å². The number of nitrogens with zero attached hydrogens (tertiary/aromatic N) is 3. The summed E-state index contributed by atoms with van der Waals surface area (Å²) >= 11 is 0. The summed E-state index contributed by atoms with van der Waals surface area (Å²) in [5.74, 6) is 3.47. The van der Waals surface area contributed by atoms with Gasteiger partial charge in [-0.05, 0) is 55.7 Å². The molecule has 1 aromatic carbocycles. The summed E-state index contributed by atoms with van der Waals surface area (Å²) in [6.45, 7) is 4.25. The van der Waals surface area contributed by atoms with Gasteiger partial charge in [0.2, 0.25) is 0 Å². The number of rotatable bonds is 11. The summed E-state index contributed by atoms with van der Waals surface area (Å²) in [5.41, 5.74) is 1.23. The molecule has 6 heteroatoms. The van der Waals surface area contributed by atoms with Crippen molar-refractivity contribution in [1.82, 2.24) is 15.1 Å². The van der Waals surface area contributed by atoms with Gasteiger partial charge < -0.3 is 19.7 Å². The van der Waals surface area contributed by atoms with Crippen LogP contribution in [0.5, 0.6) is 11.5 Å². The highest BCUT2D eigenvalue weighted by Gasteiger charge is 2.33. The van der Waals surface area contributed by atoms with E-state index in [4.69, 9.17) is 9.47 Å². The predicted octanol–water partition coefficient (Wildman–Crippen LogP) is 2.63. The molecule has 0 aliphatic heterocycles. The van der Waals surface area contributed by atoms with Gasteiger partial charge in [0.25, 0.3) is 0 Å². The molecule has 28 heavy (non-hydrogen) atoms. The van der Waals surface area contributed by atoms with Crippen molar-refractivity contribution in [2.75, 3.05) is 54.5 Å². The molecule has 0 amide bonds. The quantitative estimate of drug-likeness (QED) is 0.466. The number of guanidine groups is 1. The van der Waals surface area contributed by atoms with Crippen molar-refractivity contribution in [3.8, 4) is 11.5 Å². The molecule has 0 heterocycles. The second kappa shape index (κ2) is 10.0. The van der Waals surface area contributed by atoms with Crippen molar-refractivity contribution < 1.29 is 9.47 Å². The van der Waals surface area contributed by atoms with E-state index in [-0.39, 0.29) is 0 Å². The molecule has 1 aromatic rings. The van der Waals surface area contributed by atoms with E-state index in [1.165, 1.54) is 37.8 Å². The molecule has 0 aromatic heterocycles. The van der Waals surface area contributed by atoms with Crippen LogP contribution in [0.25, 0.3) is 0 Å². The molecule has 6 nitrogen and oxygen atoms in total. The molecular formula is C22H36N4O2. The fourth-order valence-electron chi connectivity index (χ4n) is 3.63. The van der Waals surface area contributed by atoms with Crippen molar-refractivity contribution >= 4 is 5.96 Å². The van der Waals surface area contributed by atoms with Crippen LogP contribution in [-0.2, 0) is 6.42 Å². The first-order valence-corrected chi connectivity index (χ1v) is 10.5. The Bertz CT molecular complexity index is 656. The minimum atomic E-state index is 0.767. The van der Waals surface area contributed by atoms with E-state index in [1.807, 2.05) is 19.2 Å². The summed E-state index contributed by atoms with van der Waals surface area (Å²) in [6, 6.07) is 6.95. The highest BCUT2D eigenvalue weighted by atomic mass is 16.5. The van der Waals surface area contributed by atoms with Crippen molar-refractivity contribution in [3.05, 3.63) is 23.8 Å². The Hall–Kier alpha value is -1.95. The molecule has 2 aliphatic rings. The number of hydrogen-bond acceptors (Lipinski definition) is 4. The fraction of sp³-hybridized carbons (Fsp3) is 0.682. The van der Waals surface area contributed by atoms with Gasteiger partial charge in [0.05, 0.1) is 14.2 Å². The number of ether oxygens (including phenoxy) is 2. The van der Waals surface area contributed by atoms with Crippen molar-refractivity contribution in [2.24, 2.45) is 10.9 Å². The smallest absolute Gasteiger partial charge is 0.193 e. The number of nitrogens with one attached hydrogen (secondary N) is 1. The maximum absolute atomic E-state index is 5.40. The fourth-order valence-corrected chi connectivity index (χ4v) is 3.63. The molecule has 2 saturated carbocycles. The van der Waals surface area contributed by atoms with Gasteiger partial charge in [0.15, 0.2) is 17.5 Å². The predicted molar refractivity (Wildman–Crippen MR) is 115 cm³/mol. The maximum Gasteiger partial charge on any atom is 0.193 e. The molecule has 2 aliphatic carbocycles. The minimum Gasteiger partial charge on any atom is -0.493 e. The first kappa shape index (κ1) is 20.8. The molecular weight excluding hydrogens is 352 g/mol. The zero-order chi connectivity index (χ0) is 19.9. The topological polar surface area (TPSA) is 49.3 Å². The average Bonchev–Trinajstić information content (AvgIpc) is 3.62. The van der Waals surface area contributed by atoms with Crippen LogP contribution in [0.2, 0.25) is 0 Å². The highest BCUT2D eigenvalue weighted by molar-refractivity contribution is 5.79. The van der Waals surface area contributed by atoms with Gasteiger partial charge in [-0.2, -0.15) is 0 Å². The Morgan fingerprint density at radius 2 is 1.86 bits per heavy atom. The Kier molecular flexibility index (Phi) is 7.43. The van der Waals surface area contributed by atoms with Crippen LogP contribution < -0.4 is 14.8 Å². The van der Waals surface area contributed by atoms with Crippen molar-refractivity contribution in [2.45, 2.75) is 38.1 Å². The van der Waals surface area contributed by atoms with Crippen LogP contribution in [0, 0.1) is 5.92 Å². The number of aliphatic imine (C=N–C) groups is 1. The maximum atomic E-state index is 5.40. The third-order valence-corrected chi connectivity index (χ3v) is 5.69. The van der Waals surface area contributed by atoms with Crippen LogP contribution in [0.15, 0.2) is 23.2 Å². The molecule has 0 radical (unpaired) electrons. The largest absolute Gasteiger partial charge is 0.493 e. The van der Waals surface area contributed by atoms with E-state index in [0.717, 1.165) is 55.5 Å². The Morgan fingerprint density at radius 3 is 2.46 bits per heavy atom. The zero-order valence-corrected chi connectivity index (χ0v) is 17.9. The van der Waals surface area contributed by atoms with Crippen LogP contribution in [0.1, 0.15) is 31.2 Å². The van der Waals surface area contributed by atoms with Crippen molar-refractivity contribution in [1.29, 1.82) is 0 Å². The van der Waals surface area contributed by atoms with Gasteiger partial charge in [-0.25, -0.2) is 0 Å².